The van der Waals surface area contributed by atoms with Crippen molar-refractivity contribution in [1.29, 1.82) is 0 Å². The molecule has 0 aromatic rings. The maximum atomic E-state index is 11.8. The molecule has 0 heterocycles. The van der Waals surface area contributed by atoms with Gasteiger partial charge in [0.15, 0.2) is 0 Å². The molecule has 118 valence electrons. The summed E-state index contributed by atoms with van der Waals surface area (Å²) in [5.74, 6) is 0.687. The van der Waals surface area contributed by atoms with Gasteiger partial charge in [-0.25, -0.2) is 4.79 Å². The monoisotopic (exact) mass is 304 g/mol. The summed E-state index contributed by atoms with van der Waals surface area (Å²) in [7, 11) is -0.774. The predicted octanol–water partition coefficient (Wildman–Crippen LogP) is 1.53. The van der Waals surface area contributed by atoms with E-state index in [1.54, 1.807) is 0 Å². The predicted molar refractivity (Wildman–Crippen MR) is 82.2 cm³/mol. The van der Waals surface area contributed by atoms with Gasteiger partial charge in [0.1, 0.15) is 0 Å². The molecule has 0 spiro atoms. The van der Waals surface area contributed by atoms with Crippen molar-refractivity contribution in [2.45, 2.75) is 69.8 Å². The smallest absolute Gasteiger partial charge is 0.315 e. The third-order valence-electron chi connectivity index (χ3n) is 3.74. The summed E-state index contributed by atoms with van der Waals surface area (Å²) in [6.45, 7) is 4.23. The Balaban J connectivity index is 2.29. The van der Waals surface area contributed by atoms with Crippen LogP contribution in [0, 0.1) is 0 Å². The molecule has 20 heavy (non-hydrogen) atoms. The fourth-order valence-electron chi connectivity index (χ4n) is 2.63. The van der Waals surface area contributed by atoms with Crippen LogP contribution in [0.15, 0.2) is 0 Å². The average Bonchev–Trinajstić information content (AvgIpc) is 2.45. The topological polar surface area (TPSA) is 78.4 Å². The molecule has 2 amide bonds. The Kier molecular flexibility index (Phi) is 8.14. The molecule has 1 fully saturated rings. The van der Waals surface area contributed by atoms with Crippen LogP contribution in [0.3, 0.4) is 0 Å². The third kappa shape index (κ3) is 6.22. The van der Waals surface area contributed by atoms with E-state index in [1.807, 2.05) is 13.8 Å². The molecule has 0 bridgehead atoms. The van der Waals surface area contributed by atoms with Gasteiger partial charge in [-0.2, -0.15) is 0 Å². The van der Waals surface area contributed by atoms with Crippen LogP contribution in [-0.2, 0) is 10.8 Å². The lowest BCUT2D eigenvalue weighted by molar-refractivity contribution is 0.159. The van der Waals surface area contributed by atoms with E-state index in [4.69, 9.17) is 0 Å². The minimum Gasteiger partial charge on any atom is -0.391 e. The maximum absolute atomic E-state index is 11.8. The van der Waals surface area contributed by atoms with E-state index < -0.39 is 16.9 Å². The molecule has 0 aromatic carbocycles. The highest BCUT2D eigenvalue weighted by Gasteiger charge is 2.26. The Bertz CT molecular complexity index is 326. The van der Waals surface area contributed by atoms with Crippen LogP contribution in [0.1, 0.15) is 52.4 Å². The van der Waals surface area contributed by atoms with Crippen LogP contribution >= 0.6 is 0 Å². The van der Waals surface area contributed by atoms with Crippen LogP contribution in [0.2, 0.25) is 0 Å². The number of urea groups is 1. The lowest BCUT2D eigenvalue weighted by Crippen LogP contribution is -2.47. The average molecular weight is 304 g/mol. The van der Waals surface area contributed by atoms with Crippen molar-refractivity contribution in [3.8, 4) is 0 Å². The molecule has 1 rings (SSSR count). The van der Waals surface area contributed by atoms with Crippen LogP contribution in [-0.4, -0.2) is 45.0 Å². The molecule has 0 aromatic heterocycles. The highest BCUT2D eigenvalue weighted by molar-refractivity contribution is 7.85. The Hall–Kier alpha value is -0.620. The number of nitrogens with one attached hydrogen (secondary N) is 2. The largest absolute Gasteiger partial charge is 0.391 e. The zero-order chi connectivity index (χ0) is 15.0. The van der Waals surface area contributed by atoms with E-state index in [0.29, 0.717) is 12.2 Å². The van der Waals surface area contributed by atoms with E-state index in [-0.39, 0.29) is 23.9 Å². The van der Waals surface area contributed by atoms with Gasteiger partial charge in [-0.05, 0) is 25.7 Å². The van der Waals surface area contributed by atoms with Gasteiger partial charge in [-0.15, -0.1) is 0 Å². The van der Waals surface area contributed by atoms with Crippen molar-refractivity contribution in [2.75, 3.05) is 12.3 Å². The number of aliphatic hydroxyl groups is 1. The van der Waals surface area contributed by atoms with Crippen molar-refractivity contribution in [3.05, 3.63) is 0 Å². The number of rotatable bonds is 7. The van der Waals surface area contributed by atoms with Gasteiger partial charge in [-0.3, -0.25) is 4.21 Å². The van der Waals surface area contributed by atoms with E-state index >= 15 is 0 Å². The quantitative estimate of drug-likeness (QED) is 0.667. The fraction of sp³-hybridized carbons (Fsp3) is 0.929. The Morgan fingerprint density at radius 2 is 2.15 bits per heavy atom. The molecule has 0 aliphatic heterocycles. The summed E-state index contributed by atoms with van der Waals surface area (Å²) in [5, 5.41) is 15.4. The van der Waals surface area contributed by atoms with Crippen LogP contribution < -0.4 is 10.6 Å². The Morgan fingerprint density at radius 1 is 1.40 bits per heavy atom. The fourth-order valence-corrected chi connectivity index (χ4v) is 3.98. The van der Waals surface area contributed by atoms with E-state index in [9.17, 15) is 14.1 Å². The van der Waals surface area contributed by atoms with Gasteiger partial charge in [0, 0.05) is 34.4 Å². The van der Waals surface area contributed by atoms with Gasteiger partial charge < -0.3 is 15.7 Å². The molecular weight excluding hydrogens is 276 g/mol. The number of hydrogen-bond acceptors (Lipinski definition) is 3. The summed E-state index contributed by atoms with van der Waals surface area (Å²) in [6.07, 6.45) is 4.87. The van der Waals surface area contributed by atoms with Gasteiger partial charge in [-0.1, -0.05) is 26.7 Å². The first-order valence-corrected chi connectivity index (χ1v) is 9.04. The molecule has 0 radical (unpaired) electrons. The van der Waals surface area contributed by atoms with Crippen molar-refractivity contribution in [1.82, 2.24) is 10.6 Å². The molecule has 5 nitrogen and oxygen atoms in total. The maximum Gasteiger partial charge on any atom is 0.315 e. The third-order valence-corrected chi connectivity index (χ3v) is 5.48. The van der Waals surface area contributed by atoms with Crippen LogP contribution in [0.25, 0.3) is 0 Å². The molecule has 1 saturated carbocycles. The lowest BCUT2D eigenvalue weighted by Gasteiger charge is -2.29. The van der Waals surface area contributed by atoms with Crippen molar-refractivity contribution in [3.63, 3.8) is 0 Å². The molecule has 4 unspecified atom stereocenters. The van der Waals surface area contributed by atoms with Gasteiger partial charge in [0.25, 0.3) is 0 Å². The van der Waals surface area contributed by atoms with E-state index in [2.05, 4.69) is 10.6 Å². The molecule has 6 heteroatoms. The molecular formula is C14H28N2O3S. The first kappa shape index (κ1) is 17.4. The number of carbonyl (C=O) groups excluding carboxylic acids is 1. The van der Waals surface area contributed by atoms with Gasteiger partial charge in [0.2, 0.25) is 0 Å². The minimum absolute atomic E-state index is 0.104. The van der Waals surface area contributed by atoms with Crippen molar-refractivity contribution < 1.29 is 14.1 Å². The normalized spacial score (nSPS) is 25.8. The summed E-state index contributed by atoms with van der Waals surface area (Å²) in [5.41, 5.74) is 0. The summed E-state index contributed by atoms with van der Waals surface area (Å²) in [4.78, 5) is 11.8. The Labute approximate surface area is 124 Å². The van der Waals surface area contributed by atoms with E-state index in [0.717, 1.165) is 32.1 Å². The zero-order valence-corrected chi connectivity index (χ0v) is 13.4. The molecule has 4 atom stereocenters. The van der Waals surface area contributed by atoms with Crippen LogP contribution in [0.4, 0.5) is 4.79 Å². The van der Waals surface area contributed by atoms with Gasteiger partial charge >= 0.3 is 6.03 Å². The number of amides is 2. The van der Waals surface area contributed by atoms with Crippen molar-refractivity contribution in [2.24, 2.45) is 0 Å². The second-order valence-electron chi connectivity index (χ2n) is 5.45. The van der Waals surface area contributed by atoms with Crippen LogP contribution in [0.5, 0.6) is 0 Å². The second kappa shape index (κ2) is 9.34. The summed E-state index contributed by atoms with van der Waals surface area (Å²) < 4.78 is 11.8. The Morgan fingerprint density at radius 3 is 2.80 bits per heavy atom. The SMILES string of the molecule is CCCC(O)CNC(=O)NC1CCCC(S(=O)CC)C1. The first-order valence-electron chi connectivity index (χ1n) is 7.66. The second-order valence-corrected chi connectivity index (χ2v) is 7.46. The number of hydrogen-bond donors (Lipinski definition) is 3. The molecule has 1 aliphatic carbocycles. The summed E-state index contributed by atoms with van der Waals surface area (Å²) >= 11 is 0. The highest BCUT2D eigenvalue weighted by Crippen LogP contribution is 2.22. The zero-order valence-electron chi connectivity index (χ0n) is 12.6. The first-order chi connectivity index (χ1) is 9.56. The summed E-state index contributed by atoms with van der Waals surface area (Å²) in [6, 6.07) is -0.124. The number of aliphatic hydroxyl groups excluding tert-OH is 1. The number of carbonyl (C=O) groups is 1. The van der Waals surface area contributed by atoms with E-state index in [1.165, 1.54) is 0 Å². The van der Waals surface area contributed by atoms with Gasteiger partial charge in [0.05, 0.1) is 6.10 Å². The molecule has 1 aliphatic rings. The lowest BCUT2D eigenvalue weighted by atomic mass is 9.95. The highest BCUT2D eigenvalue weighted by atomic mass is 32.2. The molecule has 3 N–H and O–H groups in total. The molecule has 0 saturated heterocycles. The standard InChI is InChI=1S/C14H28N2O3S/c1-3-6-12(17)10-15-14(18)16-11-7-5-8-13(9-11)20(19)4-2/h11-13,17H,3-10H2,1-2H3,(H2,15,16,18). The van der Waals surface area contributed by atoms with Crippen molar-refractivity contribution >= 4 is 16.8 Å². The minimum atomic E-state index is -0.774.